The summed E-state index contributed by atoms with van der Waals surface area (Å²) in [7, 11) is 1.65. The van der Waals surface area contributed by atoms with Crippen LogP contribution in [0, 0.1) is 5.92 Å². The predicted molar refractivity (Wildman–Crippen MR) is 103 cm³/mol. The van der Waals surface area contributed by atoms with Crippen LogP contribution in [0.15, 0.2) is 23.2 Å². The van der Waals surface area contributed by atoms with E-state index in [9.17, 15) is 0 Å². The van der Waals surface area contributed by atoms with E-state index < -0.39 is 0 Å². The second-order valence-corrected chi connectivity index (χ2v) is 5.96. The molecule has 0 saturated heterocycles. The molecule has 0 saturated carbocycles. The van der Waals surface area contributed by atoms with Crippen LogP contribution in [0.25, 0.3) is 0 Å². The van der Waals surface area contributed by atoms with Gasteiger partial charge >= 0.3 is 0 Å². The van der Waals surface area contributed by atoms with Crippen LogP contribution in [-0.2, 0) is 6.42 Å². The highest BCUT2D eigenvalue weighted by Gasteiger charge is 2.06. The fraction of sp³-hybridized carbons (Fsp3) is 0.632. The topological polar surface area (TPSA) is 75.1 Å². The second-order valence-electron chi connectivity index (χ2n) is 5.96. The lowest BCUT2D eigenvalue weighted by Crippen LogP contribution is -2.38. The summed E-state index contributed by atoms with van der Waals surface area (Å²) < 4.78 is 10.9. The molecule has 0 aliphatic rings. The average molecular weight is 351 g/mol. The molecule has 1 atom stereocenters. The number of aryl methyl sites for hydroxylation is 1. The normalized spacial score (nSPS) is 12.6. The van der Waals surface area contributed by atoms with Crippen molar-refractivity contribution in [3.8, 4) is 11.5 Å². The number of aliphatic imine (C=N–C) groups is 1. The maximum atomic E-state index is 9.09. The van der Waals surface area contributed by atoms with Gasteiger partial charge in [-0.1, -0.05) is 13.0 Å². The number of rotatable bonds is 11. The van der Waals surface area contributed by atoms with Gasteiger partial charge in [-0.25, -0.2) is 0 Å². The maximum absolute atomic E-state index is 9.09. The van der Waals surface area contributed by atoms with E-state index in [0.717, 1.165) is 43.4 Å². The van der Waals surface area contributed by atoms with Gasteiger partial charge in [0.1, 0.15) is 0 Å². The lowest BCUT2D eigenvalue weighted by atomic mass is 10.1. The zero-order valence-electron chi connectivity index (χ0n) is 16.0. The van der Waals surface area contributed by atoms with Crippen molar-refractivity contribution < 1.29 is 14.6 Å². The number of nitrogens with zero attached hydrogens (tertiary/aromatic N) is 1. The van der Waals surface area contributed by atoms with Gasteiger partial charge in [0.15, 0.2) is 17.5 Å². The molecule has 0 heterocycles. The molecular weight excluding hydrogens is 318 g/mol. The van der Waals surface area contributed by atoms with Crippen molar-refractivity contribution in [2.45, 2.75) is 33.6 Å². The minimum atomic E-state index is 0.155. The molecule has 1 rings (SSSR count). The number of aliphatic hydroxyl groups excluding tert-OH is 1. The van der Waals surface area contributed by atoms with Gasteiger partial charge < -0.3 is 25.2 Å². The summed E-state index contributed by atoms with van der Waals surface area (Å²) in [6, 6.07) is 6.07. The SMILES string of the molecule is CCNC(=NCC(C)CO)NCCCc1ccc(OC)c(OCC)c1. The molecule has 0 bridgehead atoms. The van der Waals surface area contributed by atoms with Crippen LogP contribution in [0.1, 0.15) is 32.8 Å². The zero-order chi connectivity index (χ0) is 18.5. The van der Waals surface area contributed by atoms with Crippen LogP contribution in [0.3, 0.4) is 0 Å². The van der Waals surface area contributed by atoms with E-state index in [1.54, 1.807) is 7.11 Å². The first-order chi connectivity index (χ1) is 12.1. The Bertz CT molecular complexity index is 521. The van der Waals surface area contributed by atoms with Crippen molar-refractivity contribution in [1.29, 1.82) is 0 Å². The largest absolute Gasteiger partial charge is 0.493 e. The average Bonchev–Trinajstić information content (AvgIpc) is 2.63. The minimum absolute atomic E-state index is 0.155. The molecule has 0 radical (unpaired) electrons. The van der Waals surface area contributed by atoms with Crippen LogP contribution in [0.2, 0.25) is 0 Å². The Morgan fingerprint density at radius 2 is 2.04 bits per heavy atom. The third-order valence-electron chi connectivity index (χ3n) is 3.68. The monoisotopic (exact) mass is 351 g/mol. The summed E-state index contributed by atoms with van der Waals surface area (Å²) >= 11 is 0. The molecule has 6 nitrogen and oxygen atoms in total. The van der Waals surface area contributed by atoms with E-state index >= 15 is 0 Å². The molecule has 0 aromatic heterocycles. The number of nitrogens with one attached hydrogen (secondary N) is 2. The van der Waals surface area contributed by atoms with E-state index in [2.05, 4.69) is 21.7 Å². The summed E-state index contributed by atoms with van der Waals surface area (Å²) in [6.07, 6.45) is 1.93. The Morgan fingerprint density at radius 3 is 2.68 bits per heavy atom. The van der Waals surface area contributed by atoms with Gasteiger partial charge in [-0.05, 0) is 50.3 Å². The van der Waals surface area contributed by atoms with Gasteiger partial charge in [-0.15, -0.1) is 0 Å². The Kier molecular flexibility index (Phi) is 10.5. The molecule has 0 aliphatic heterocycles. The van der Waals surface area contributed by atoms with Crippen molar-refractivity contribution in [1.82, 2.24) is 10.6 Å². The Labute approximate surface area is 151 Å². The first-order valence-corrected chi connectivity index (χ1v) is 9.07. The standard InChI is InChI=1S/C19H33N3O3/c1-5-20-19(22-13-15(3)14-23)21-11-7-8-16-9-10-17(24-4)18(12-16)25-6-2/h9-10,12,15,23H,5-8,11,13-14H2,1-4H3,(H2,20,21,22). The fourth-order valence-electron chi connectivity index (χ4n) is 2.29. The van der Waals surface area contributed by atoms with Crippen LogP contribution in [0.4, 0.5) is 0 Å². The van der Waals surface area contributed by atoms with Gasteiger partial charge in [0, 0.05) is 26.2 Å². The summed E-state index contributed by atoms with van der Waals surface area (Å²) in [5.41, 5.74) is 1.22. The first-order valence-electron chi connectivity index (χ1n) is 9.07. The number of aliphatic hydroxyl groups is 1. The number of guanidine groups is 1. The summed E-state index contributed by atoms with van der Waals surface area (Å²) in [4.78, 5) is 4.49. The number of benzene rings is 1. The van der Waals surface area contributed by atoms with Crippen LogP contribution < -0.4 is 20.1 Å². The van der Waals surface area contributed by atoms with E-state index in [-0.39, 0.29) is 12.5 Å². The van der Waals surface area contributed by atoms with E-state index in [1.165, 1.54) is 5.56 Å². The predicted octanol–water partition coefficient (Wildman–Crippen LogP) is 2.21. The molecule has 6 heteroatoms. The zero-order valence-corrected chi connectivity index (χ0v) is 16.0. The molecule has 1 aromatic carbocycles. The molecule has 0 aliphatic carbocycles. The number of ether oxygens (including phenoxy) is 2. The van der Waals surface area contributed by atoms with Crippen molar-refractivity contribution in [3.63, 3.8) is 0 Å². The number of hydrogen-bond acceptors (Lipinski definition) is 4. The van der Waals surface area contributed by atoms with E-state index in [1.807, 2.05) is 32.9 Å². The highest BCUT2D eigenvalue weighted by molar-refractivity contribution is 5.79. The first kappa shape index (κ1) is 21.1. The van der Waals surface area contributed by atoms with E-state index in [0.29, 0.717) is 13.2 Å². The molecule has 0 spiro atoms. The Hall–Kier alpha value is -1.95. The molecule has 1 unspecified atom stereocenters. The third kappa shape index (κ3) is 8.12. The molecule has 0 fully saturated rings. The maximum Gasteiger partial charge on any atom is 0.191 e. The molecule has 0 amide bonds. The van der Waals surface area contributed by atoms with Crippen LogP contribution >= 0.6 is 0 Å². The quantitative estimate of drug-likeness (QED) is 0.324. The second kappa shape index (κ2) is 12.4. The Morgan fingerprint density at radius 1 is 1.24 bits per heavy atom. The van der Waals surface area contributed by atoms with Crippen molar-refractivity contribution >= 4 is 5.96 Å². The lowest BCUT2D eigenvalue weighted by molar-refractivity contribution is 0.241. The van der Waals surface area contributed by atoms with Gasteiger partial charge in [0.25, 0.3) is 0 Å². The number of hydrogen-bond donors (Lipinski definition) is 3. The lowest BCUT2D eigenvalue weighted by Gasteiger charge is -2.13. The molecule has 1 aromatic rings. The van der Waals surface area contributed by atoms with Gasteiger partial charge in [-0.2, -0.15) is 0 Å². The molecular formula is C19H33N3O3. The summed E-state index contributed by atoms with van der Waals surface area (Å²) in [5.74, 6) is 2.53. The van der Waals surface area contributed by atoms with Crippen LogP contribution in [0.5, 0.6) is 11.5 Å². The summed E-state index contributed by atoms with van der Waals surface area (Å²) in [6.45, 7) is 9.02. The van der Waals surface area contributed by atoms with Gasteiger partial charge in [0.05, 0.1) is 13.7 Å². The fourth-order valence-corrected chi connectivity index (χ4v) is 2.29. The highest BCUT2D eigenvalue weighted by Crippen LogP contribution is 2.28. The smallest absolute Gasteiger partial charge is 0.191 e. The third-order valence-corrected chi connectivity index (χ3v) is 3.68. The van der Waals surface area contributed by atoms with Crippen molar-refractivity contribution in [2.75, 3.05) is 40.0 Å². The van der Waals surface area contributed by atoms with E-state index in [4.69, 9.17) is 14.6 Å². The van der Waals surface area contributed by atoms with Gasteiger partial charge in [-0.3, -0.25) is 4.99 Å². The summed E-state index contributed by atoms with van der Waals surface area (Å²) in [5, 5.41) is 15.6. The molecule has 3 N–H and O–H groups in total. The Balaban J connectivity index is 2.48. The number of methoxy groups -OCH3 is 1. The van der Waals surface area contributed by atoms with Gasteiger partial charge in [0.2, 0.25) is 0 Å². The van der Waals surface area contributed by atoms with Crippen molar-refractivity contribution in [2.24, 2.45) is 10.9 Å². The van der Waals surface area contributed by atoms with Crippen molar-refractivity contribution in [3.05, 3.63) is 23.8 Å². The highest BCUT2D eigenvalue weighted by atomic mass is 16.5. The molecule has 25 heavy (non-hydrogen) atoms. The minimum Gasteiger partial charge on any atom is -0.493 e. The molecule has 142 valence electrons. The van der Waals surface area contributed by atoms with Crippen LogP contribution in [-0.4, -0.2) is 51.0 Å².